The zero-order valence-electron chi connectivity index (χ0n) is 9.54. The maximum atomic E-state index is 13.8. The Morgan fingerprint density at radius 1 is 1.38 bits per heavy atom. The van der Waals surface area contributed by atoms with Crippen molar-refractivity contribution in [2.75, 3.05) is 6.54 Å². The molecule has 0 radical (unpaired) electrons. The van der Waals surface area contributed by atoms with Crippen molar-refractivity contribution < 1.29 is 4.39 Å². The average Bonchev–Trinajstić information content (AvgIpc) is 2.66. The van der Waals surface area contributed by atoms with Crippen LogP contribution in [0.5, 0.6) is 0 Å². The lowest BCUT2D eigenvalue weighted by Crippen LogP contribution is -2.00. The van der Waals surface area contributed by atoms with E-state index in [1.54, 1.807) is 6.07 Å². The molecule has 0 fully saturated rings. The molecule has 0 saturated carbocycles. The lowest BCUT2D eigenvalue weighted by atomic mass is 10.1. The van der Waals surface area contributed by atoms with Gasteiger partial charge in [-0.1, -0.05) is 6.07 Å². The number of rotatable bonds is 4. The van der Waals surface area contributed by atoms with E-state index in [9.17, 15) is 4.39 Å². The van der Waals surface area contributed by atoms with Crippen LogP contribution in [0.1, 0.15) is 18.9 Å². The molecule has 3 heteroatoms. The topological polar surface area (TPSA) is 30.9 Å². The summed E-state index contributed by atoms with van der Waals surface area (Å²) in [6.07, 6.45) is 3.79. The van der Waals surface area contributed by atoms with Gasteiger partial charge in [-0.3, -0.25) is 0 Å². The molecule has 1 heterocycles. The second-order valence-electron chi connectivity index (χ2n) is 3.97. The third kappa shape index (κ3) is 1.83. The van der Waals surface area contributed by atoms with E-state index in [2.05, 4.69) is 11.5 Å². The van der Waals surface area contributed by atoms with Crippen LogP contribution in [0.3, 0.4) is 0 Å². The quantitative estimate of drug-likeness (QED) is 0.843. The van der Waals surface area contributed by atoms with E-state index in [1.807, 2.05) is 12.3 Å². The smallest absolute Gasteiger partial charge is 0.132 e. The number of aryl methyl sites for hydroxylation is 2. The highest BCUT2D eigenvalue weighted by molar-refractivity contribution is 5.84. The Labute approximate surface area is 94.9 Å². The third-order valence-corrected chi connectivity index (χ3v) is 2.92. The van der Waals surface area contributed by atoms with Crippen LogP contribution in [0.25, 0.3) is 10.9 Å². The maximum absolute atomic E-state index is 13.8. The zero-order chi connectivity index (χ0) is 11.5. The van der Waals surface area contributed by atoms with Crippen molar-refractivity contribution in [2.24, 2.45) is 5.73 Å². The van der Waals surface area contributed by atoms with E-state index < -0.39 is 0 Å². The minimum atomic E-state index is -0.128. The van der Waals surface area contributed by atoms with Gasteiger partial charge in [-0.25, -0.2) is 4.39 Å². The fourth-order valence-electron chi connectivity index (χ4n) is 2.14. The molecule has 1 aromatic heterocycles. The number of benzene rings is 1. The van der Waals surface area contributed by atoms with Gasteiger partial charge in [0.25, 0.3) is 0 Å². The minimum absolute atomic E-state index is 0.128. The molecular weight excluding hydrogens is 203 g/mol. The standard InChI is InChI=1S/C13H17FN2/c1-2-16-9-10(5-4-8-15)13-11(14)6-3-7-12(13)16/h3,6-7,9H,2,4-5,8,15H2,1H3. The Kier molecular flexibility index (Phi) is 3.25. The Hall–Kier alpha value is -1.35. The molecule has 0 atom stereocenters. The van der Waals surface area contributed by atoms with Gasteiger partial charge in [0, 0.05) is 18.1 Å². The van der Waals surface area contributed by atoms with Gasteiger partial charge in [-0.05, 0) is 44.0 Å². The molecule has 1 aromatic carbocycles. The van der Waals surface area contributed by atoms with Crippen LogP contribution in [0.4, 0.5) is 4.39 Å². The van der Waals surface area contributed by atoms with Crippen LogP contribution in [0, 0.1) is 5.82 Å². The van der Waals surface area contributed by atoms with E-state index in [0.29, 0.717) is 6.54 Å². The van der Waals surface area contributed by atoms with Gasteiger partial charge in [-0.2, -0.15) is 0 Å². The number of fused-ring (bicyclic) bond motifs is 1. The van der Waals surface area contributed by atoms with E-state index in [4.69, 9.17) is 5.73 Å². The van der Waals surface area contributed by atoms with Crippen LogP contribution in [-0.2, 0) is 13.0 Å². The Balaban J connectivity index is 2.55. The van der Waals surface area contributed by atoms with Crippen molar-refractivity contribution in [1.29, 1.82) is 0 Å². The molecule has 86 valence electrons. The van der Waals surface area contributed by atoms with Crippen molar-refractivity contribution in [1.82, 2.24) is 4.57 Å². The SMILES string of the molecule is CCn1cc(CCCN)c2c(F)cccc21. The summed E-state index contributed by atoms with van der Waals surface area (Å²) in [5.74, 6) is -0.128. The lowest BCUT2D eigenvalue weighted by molar-refractivity contribution is 0.638. The van der Waals surface area contributed by atoms with Gasteiger partial charge in [0.2, 0.25) is 0 Å². The first kappa shape index (κ1) is 11.1. The highest BCUT2D eigenvalue weighted by Crippen LogP contribution is 2.25. The number of aromatic nitrogens is 1. The molecule has 2 aromatic rings. The second-order valence-corrected chi connectivity index (χ2v) is 3.97. The van der Waals surface area contributed by atoms with Crippen molar-refractivity contribution in [2.45, 2.75) is 26.3 Å². The van der Waals surface area contributed by atoms with Crippen LogP contribution >= 0.6 is 0 Å². The van der Waals surface area contributed by atoms with Gasteiger partial charge in [0.1, 0.15) is 5.82 Å². The molecule has 2 nitrogen and oxygen atoms in total. The normalized spacial score (nSPS) is 11.2. The van der Waals surface area contributed by atoms with Gasteiger partial charge < -0.3 is 10.3 Å². The highest BCUT2D eigenvalue weighted by atomic mass is 19.1. The number of hydrogen-bond donors (Lipinski definition) is 1. The molecular formula is C13H17FN2. The minimum Gasteiger partial charge on any atom is -0.347 e. The summed E-state index contributed by atoms with van der Waals surface area (Å²) in [6, 6.07) is 5.25. The molecule has 16 heavy (non-hydrogen) atoms. The second kappa shape index (κ2) is 4.66. The van der Waals surface area contributed by atoms with E-state index in [1.165, 1.54) is 6.07 Å². The summed E-state index contributed by atoms with van der Waals surface area (Å²) in [5.41, 5.74) is 7.55. The number of nitrogens with zero attached hydrogens (tertiary/aromatic N) is 1. The van der Waals surface area contributed by atoms with Crippen LogP contribution in [0.15, 0.2) is 24.4 Å². The molecule has 0 saturated heterocycles. The third-order valence-electron chi connectivity index (χ3n) is 2.92. The fourth-order valence-corrected chi connectivity index (χ4v) is 2.14. The summed E-state index contributed by atoms with van der Waals surface area (Å²) in [4.78, 5) is 0. The summed E-state index contributed by atoms with van der Waals surface area (Å²) in [7, 11) is 0. The molecule has 0 aliphatic rings. The summed E-state index contributed by atoms with van der Waals surface area (Å²) >= 11 is 0. The fraction of sp³-hybridized carbons (Fsp3) is 0.385. The van der Waals surface area contributed by atoms with Crippen LogP contribution < -0.4 is 5.73 Å². The van der Waals surface area contributed by atoms with Gasteiger partial charge in [-0.15, -0.1) is 0 Å². The summed E-state index contributed by atoms with van der Waals surface area (Å²) in [5, 5.41) is 0.762. The van der Waals surface area contributed by atoms with Crippen LogP contribution in [-0.4, -0.2) is 11.1 Å². The Morgan fingerprint density at radius 3 is 2.88 bits per heavy atom. The Bertz CT molecular complexity index is 488. The molecule has 0 bridgehead atoms. The summed E-state index contributed by atoms with van der Waals surface area (Å²) < 4.78 is 15.9. The Morgan fingerprint density at radius 2 is 2.19 bits per heavy atom. The number of hydrogen-bond acceptors (Lipinski definition) is 1. The van der Waals surface area contributed by atoms with Crippen molar-refractivity contribution in [3.63, 3.8) is 0 Å². The van der Waals surface area contributed by atoms with E-state index in [-0.39, 0.29) is 5.82 Å². The average molecular weight is 220 g/mol. The largest absolute Gasteiger partial charge is 0.347 e. The molecule has 0 unspecified atom stereocenters. The van der Waals surface area contributed by atoms with Gasteiger partial charge in [0.05, 0.1) is 5.52 Å². The monoisotopic (exact) mass is 220 g/mol. The first-order valence-electron chi connectivity index (χ1n) is 5.74. The predicted octanol–water partition coefficient (Wildman–Crippen LogP) is 2.69. The molecule has 0 aliphatic heterocycles. The number of halogens is 1. The van der Waals surface area contributed by atoms with Gasteiger partial charge in [0.15, 0.2) is 0 Å². The number of nitrogens with two attached hydrogens (primary N) is 1. The predicted molar refractivity (Wildman–Crippen MR) is 64.9 cm³/mol. The molecule has 2 N–H and O–H groups in total. The maximum Gasteiger partial charge on any atom is 0.132 e. The molecule has 2 rings (SSSR count). The van der Waals surface area contributed by atoms with Crippen molar-refractivity contribution >= 4 is 10.9 Å². The van der Waals surface area contributed by atoms with E-state index in [0.717, 1.165) is 35.9 Å². The van der Waals surface area contributed by atoms with Crippen molar-refractivity contribution in [3.8, 4) is 0 Å². The van der Waals surface area contributed by atoms with Crippen LogP contribution in [0.2, 0.25) is 0 Å². The van der Waals surface area contributed by atoms with Crippen molar-refractivity contribution in [3.05, 3.63) is 35.8 Å². The lowest BCUT2D eigenvalue weighted by Gasteiger charge is -1.99. The van der Waals surface area contributed by atoms with E-state index >= 15 is 0 Å². The first-order valence-corrected chi connectivity index (χ1v) is 5.74. The summed E-state index contributed by atoms with van der Waals surface area (Å²) in [6.45, 7) is 3.58. The highest BCUT2D eigenvalue weighted by Gasteiger charge is 2.10. The molecule has 0 spiro atoms. The van der Waals surface area contributed by atoms with Gasteiger partial charge >= 0.3 is 0 Å². The molecule has 0 amide bonds. The first-order chi connectivity index (χ1) is 7.77. The molecule has 0 aliphatic carbocycles. The zero-order valence-corrected chi connectivity index (χ0v) is 9.54.